The number of hydrogen-bond acceptors (Lipinski definition) is 5. The Bertz CT molecular complexity index is 1650. The fraction of sp³-hybridized carbons (Fsp3) is 0.138. The van der Waals surface area contributed by atoms with E-state index in [1.165, 1.54) is 11.0 Å². The lowest BCUT2D eigenvalue weighted by molar-refractivity contribution is -0.120. The van der Waals surface area contributed by atoms with Crippen LogP contribution in [0.15, 0.2) is 95.9 Å². The summed E-state index contributed by atoms with van der Waals surface area (Å²) in [5, 5.41) is 13.4. The first-order chi connectivity index (χ1) is 18.2. The molecular weight excluding hydrogens is 500 g/mol. The van der Waals surface area contributed by atoms with E-state index < -0.39 is 28.0 Å². The predicted molar refractivity (Wildman–Crippen MR) is 146 cm³/mol. The number of nitrogens with zero attached hydrogens (tertiary/aromatic N) is 2. The van der Waals surface area contributed by atoms with Gasteiger partial charge in [0.05, 0.1) is 16.5 Å². The smallest absolute Gasteiger partial charge is 0.325 e. The number of likely N-dealkylation sites (N-methyl/N-ethyl adjacent to an activating group) is 1. The molecule has 8 nitrogen and oxygen atoms in total. The quantitative estimate of drug-likeness (QED) is 0.373. The summed E-state index contributed by atoms with van der Waals surface area (Å²) < 4.78 is 27.6. The third kappa shape index (κ3) is 5.99. The molecule has 3 amide bonds. The molecule has 0 aliphatic heterocycles. The summed E-state index contributed by atoms with van der Waals surface area (Å²) >= 11 is 0. The number of urea groups is 1. The summed E-state index contributed by atoms with van der Waals surface area (Å²) in [4.78, 5) is 27.8. The standard InChI is InChI=1S/C29H26N4O4S/c1-20-8-6-7-11-27(20)38(36,37)32-29(35)31-26(17-21-9-4-3-5-10-21)28(34)33(2)25-15-14-23-16-22(19-30)12-13-24(23)18-25/h3-16,18,26H,17H2,1-2H3,(H2,31,32,35)/t26-/m0/s1. The van der Waals surface area contributed by atoms with Crippen molar-refractivity contribution in [1.82, 2.24) is 10.0 Å². The molecule has 4 aromatic rings. The number of benzene rings is 4. The first-order valence-electron chi connectivity index (χ1n) is 11.8. The van der Waals surface area contributed by atoms with Gasteiger partial charge in [0.2, 0.25) is 5.91 Å². The van der Waals surface area contributed by atoms with Gasteiger partial charge in [0, 0.05) is 19.2 Å². The zero-order chi connectivity index (χ0) is 27.3. The largest absolute Gasteiger partial charge is 0.329 e. The van der Waals surface area contributed by atoms with Gasteiger partial charge >= 0.3 is 6.03 Å². The Kier molecular flexibility index (Phi) is 7.74. The zero-order valence-corrected chi connectivity index (χ0v) is 21.7. The molecule has 0 bridgehead atoms. The zero-order valence-electron chi connectivity index (χ0n) is 20.9. The molecule has 0 aromatic heterocycles. The minimum atomic E-state index is -4.15. The van der Waals surface area contributed by atoms with Crippen molar-refractivity contribution in [3.63, 3.8) is 0 Å². The van der Waals surface area contributed by atoms with Gasteiger partial charge < -0.3 is 10.2 Å². The molecule has 0 aliphatic rings. The van der Waals surface area contributed by atoms with Gasteiger partial charge in [-0.2, -0.15) is 5.26 Å². The predicted octanol–water partition coefficient (Wildman–Crippen LogP) is 4.28. The molecule has 0 saturated heterocycles. The van der Waals surface area contributed by atoms with Crippen LogP contribution < -0.4 is 14.9 Å². The molecule has 0 heterocycles. The van der Waals surface area contributed by atoms with Gasteiger partial charge in [-0.1, -0.05) is 60.7 Å². The second-order valence-electron chi connectivity index (χ2n) is 8.84. The maximum atomic E-state index is 13.6. The summed E-state index contributed by atoms with van der Waals surface area (Å²) in [5.41, 5.74) is 2.40. The highest BCUT2D eigenvalue weighted by Crippen LogP contribution is 2.23. The monoisotopic (exact) mass is 526 g/mol. The van der Waals surface area contributed by atoms with Gasteiger partial charge in [-0.15, -0.1) is 0 Å². The number of aryl methyl sites for hydroxylation is 1. The van der Waals surface area contributed by atoms with Crippen LogP contribution in [0.4, 0.5) is 10.5 Å². The van der Waals surface area contributed by atoms with Crippen LogP contribution in [0, 0.1) is 18.3 Å². The average Bonchev–Trinajstić information content (AvgIpc) is 2.91. The van der Waals surface area contributed by atoms with Crippen molar-refractivity contribution in [2.24, 2.45) is 0 Å². The van der Waals surface area contributed by atoms with Crippen LogP contribution in [-0.2, 0) is 21.2 Å². The fourth-order valence-electron chi connectivity index (χ4n) is 4.14. The molecule has 2 N–H and O–H groups in total. The Labute approximate surface area is 221 Å². The van der Waals surface area contributed by atoms with Crippen LogP contribution in [0.25, 0.3) is 10.8 Å². The van der Waals surface area contributed by atoms with Gasteiger partial charge in [-0.05, 0) is 59.2 Å². The van der Waals surface area contributed by atoms with Gasteiger partial charge in [0.15, 0.2) is 0 Å². The Morgan fingerprint density at radius 2 is 1.58 bits per heavy atom. The number of anilines is 1. The van der Waals surface area contributed by atoms with Gasteiger partial charge in [0.1, 0.15) is 6.04 Å². The number of rotatable bonds is 7. The van der Waals surface area contributed by atoms with E-state index in [1.54, 1.807) is 56.4 Å². The van der Waals surface area contributed by atoms with E-state index in [2.05, 4.69) is 11.4 Å². The van der Waals surface area contributed by atoms with Crippen molar-refractivity contribution in [2.75, 3.05) is 11.9 Å². The lowest BCUT2D eigenvalue weighted by atomic mass is 10.0. The molecule has 1 atom stereocenters. The SMILES string of the molecule is Cc1ccccc1S(=O)(=O)NC(=O)N[C@@H](Cc1ccccc1)C(=O)N(C)c1ccc2cc(C#N)ccc2c1. The van der Waals surface area contributed by atoms with Crippen LogP contribution in [0.5, 0.6) is 0 Å². The van der Waals surface area contributed by atoms with Crippen LogP contribution >= 0.6 is 0 Å². The third-order valence-corrected chi connectivity index (χ3v) is 7.66. The molecular formula is C29H26N4O4S. The summed E-state index contributed by atoms with van der Waals surface area (Å²) in [5.74, 6) is -0.426. The Hall–Kier alpha value is -4.68. The van der Waals surface area contributed by atoms with E-state index in [-0.39, 0.29) is 11.3 Å². The van der Waals surface area contributed by atoms with Crippen molar-refractivity contribution >= 4 is 38.4 Å². The average molecular weight is 527 g/mol. The first-order valence-corrected chi connectivity index (χ1v) is 13.3. The van der Waals surface area contributed by atoms with Crippen LogP contribution in [0.2, 0.25) is 0 Å². The van der Waals surface area contributed by atoms with Crippen molar-refractivity contribution in [3.8, 4) is 6.07 Å². The lowest BCUT2D eigenvalue weighted by Gasteiger charge is -2.25. The van der Waals surface area contributed by atoms with E-state index in [0.717, 1.165) is 16.3 Å². The third-order valence-electron chi connectivity index (χ3n) is 6.17. The Balaban J connectivity index is 1.58. The molecule has 4 rings (SSSR count). The van der Waals surface area contributed by atoms with Crippen LogP contribution in [0.1, 0.15) is 16.7 Å². The van der Waals surface area contributed by atoms with Crippen molar-refractivity contribution in [2.45, 2.75) is 24.3 Å². The number of carbonyl (C=O) groups excluding carboxylic acids is 2. The summed E-state index contributed by atoms with van der Waals surface area (Å²) in [7, 11) is -2.55. The van der Waals surface area contributed by atoms with E-state index >= 15 is 0 Å². The van der Waals surface area contributed by atoms with Gasteiger partial charge in [-0.3, -0.25) is 4.79 Å². The summed E-state index contributed by atoms with van der Waals surface area (Å²) in [6.07, 6.45) is 0.154. The maximum Gasteiger partial charge on any atom is 0.329 e. The number of carbonyl (C=O) groups is 2. The van der Waals surface area contributed by atoms with Crippen molar-refractivity contribution in [1.29, 1.82) is 5.26 Å². The molecule has 4 aromatic carbocycles. The number of hydrogen-bond donors (Lipinski definition) is 2. The Morgan fingerprint density at radius 1 is 0.921 bits per heavy atom. The minimum Gasteiger partial charge on any atom is -0.325 e. The van der Waals surface area contributed by atoms with E-state index in [0.29, 0.717) is 16.8 Å². The number of nitrogens with one attached hydrogen (secondary N) is 2. The molecule has 192 valence electrons. The number of sulfonamides is 1. The number of fused-ring (bicyclic) bond motifs is 1. The second kappa shape index (κ2) is 11.2. The molecule has 0 fully saturated rings. The molecule has 0 unspecified atom stereocenters. The fourth-order valence-corrected chi connectivity index (χ4v) is 5.31. The van der Waals surface area contributed by atoms with Crippen LogP contribution in [-0.4, -0.2) is 33.4 Å². The second-order valence-corrected chi connectivity index (χ2v) is 10.5. The molecule has 0 aliphatic carbocycles. The van der Waals surface area contributed by atoms with Crippen LogP contribution in [0.3, 0.4) is 0 Å². The molecule has 0 radical (unpaired) electrons. The van der Waals surface area contributed by atoms with Crippen molar-refractivity contribution in [3.05, 3.63) is 108 Å². The highest BCUT2D eigenvalue weighted by atomic mass is 32.2. The highest BCUT2D eigenvalue weighted by molar-refractivity contribution is 7.90. The lowest BCUT2D eigenvalue weighted by Crippen LogP contribution is -2.52. The Morgan fingerprint density at radius 3 is 2.29 bits per heavy atom. The van der Waals surface area contributed by atoms with E-state index in [1.807, 2.05) is 47.2 Å². The van der Waals surface area contributed by atoms with Gasteiger partial charge in [-0.25, -0.2) is 17.9 Å². The summed E-state index contributed by atoms with van der Waals surface area (Å²) in [6, 6.07) is 26.2. The van der Waals surface area contributed by atoms with E-state index in [9.17, 15) is 18.0 Å². The molecule has 0 saturated carbocycles. The molecule has 38 heavy (non-hydrogen) atoms. The minimum absolute atomic E-state index is 0.0195. The number of nitriles is 1. The summed E-state index contributed by atoms with van der Waals surface area (Å²) in [6.45, 7) is 1.63. The molecule has 9 heteroatoms. The van der Waals surface area contributed by atoms with E-state index in [4.69, 9.17) is 5.26 Å². The number of amides is 3. The maximum absolute atomic E-state index is 13.6. The first kappa shape index (κ1) is 26.4. The van der Waals surface area contributed by atoms with Gasteiger partial charge in [0.25, 0.3) is 10.0 Å². The normalized spacial score (nSPS) is 11.8. The highest BCUT2D eigenvalue weighted by Gasteiger charge is 2.28. The van der Waals surface area contributed by atoms with Crippen molar-refractivity contribution < 1.29 is 18.0 Å². The topological polar surface area (TPSA) is 119 Å². The molecule has 0 spiro atoms.